The zero-order chi connectivity index (χ0) is 15.6. The van der Waals surface area contributed by atoms with E-state index in [2.05, 4.69) is 10.1 Å². The van der Waals surface area contributed by atoms with Crippen LogP contribution in [0.4, 0.5) is 17.1 Å². The predicted octanol–water partition coefficient (Wildman–Crippen LogP) is 4.76. The minimum absolute atomic E-state index is 0.350. The third kappa shape index (κ3) is 3.53. The first-order valence-electron chi connectivity index (χ1n) is 5.81. The number of methoxy groups -OCH3 is 1. The molecule has 0 aliphatic heterocycles. The highest BCUT2D eigenvalue weighted by Gasteiger charge is 2.11. The van der Waals surface area contributed by atoms with Crippen molar-refractivity contribution in [2.24, 2.45) is 0 Å². The molecule has 0 bridgehead atoms. The Morgan fingerprint density at radius 2 is 1.71 bits per heavy atom. The maximum atomic E-state index is 11.5. The van der Waals surface area contributed by atoms with Gasteiger partial charge in [-0.2, -0.15) is 0 Å². The number of benzene rings is 2. The molecule has 21 heavy (non-hydrogen) atoms. The Balaban J connectivity index is 2.39. The molecule has 0 aromatic heterocycles. The summed E-state index contributed by atoms with van der Waals surface area (Å²) in [7, 11) is 1.31. The van der Waals surface area contributed by atoms with E-state index in [0.29, 0.717) is 37.7 Å². The number of nitrogen functional groups attached to an aromatic ring is 1. The number of esters is 1. The van der Waals surface area contributed by atoms with Gasteiger partial charge >= 0.3 is 5.97 Å². The van der Waals surface area contributed by atoms with Crippen LogP contribution in [0.2, 0.25) is 15.1 Å². The molecule has 0 saturated heterocycles. The number of anilines is 3. The second-order valence-electron chi connectivity index (χ2n) is 4.16. The molecule has 0 unspecified atom stereocenters. The van der Waals surface area contributed by atoms with Crippen LogP contribution in [0, 0.1) is 0 Å². The number of ether oxygens (including phenoxy) is 1. The summed E-state index contributed by atoms with van der Waals surface area (Å²) in [5.41, 5.74) is 7.73. The van der Waals surface area contributed by atoms with Crippen LogP contribution < -0.4 is 11.1 Å². The highest BCUT2D eigenvalue weighted by Crippen LogP contribution is 2.35. The topological polar surface area (TPSA) is 64.3 Å². The largest absolute Gasteiger partial charge is 0.465 e. The van der Waals surface area contributed by atoms with Gasteiger partial charge in [-0.25, -0.2) is 4.79 Å². The van der Waals surface area contributed by atoms with Gasteiger partial charge in [0.05, 0.1) is 44.8 Å². The van der Waals surface area contributed by atoms with E-state index in [1.165, 1.54) is 13.2 Å². The fourth-order valence-electron chi connectivity index (χ4n) is 1.67. The summed E-state index contributed by atoms with van der Waals surface area (Å²) in [4.78, 5) is 11.5. The standard InChI is InChI=1S/C14H11Cl3N2O2/c1-21-14(20)7-2-3-11(18)13(4-7)19-12-6-9(16)8(15)5-10(12)17/h2-6,19H,18H2,1H3. The Morgan fingerprint density at radius 3 is 2.38 bits per heavy atom. The first-order chi connectivity index (χ1) is 9.92. The first-order valence-corrected chi connectivity index (χ1v) is 6.95. The lowest BCUT2D eigenvalue weighted by Crippen LogP contribution is -2.04. The quantitative estimate of drug-likeness (QED) is 0.478. The van der Waals surface area contributed by atoms with Crippen LogP contribution in [0.1, 0.15) is 10.4 Å². The van der Waals surface area contributed by atoms with Crippen LogP contribution in [0.15, 0.2) is 30.3 Å². The molecule has 0 fully saturated rings. The normalized spacial score (nSPS) is 10.3. The lowest BCUT2D eigenvalue weighted by atomic mass is 10.1. The number of rotatable bonds is 3. The van der Waals surface area contributed by atoms with Crippen molar-refractivity contribution >= 4 is 57.8 Å². The van der Waals surface area contributed by atoms with E-state index in [-0.39, 0.29) is 0 Å². The maximum absolute atomic E-state index is 11.5. The molecule has 0 aliphatic carbocycles. The lowest BCUT2D eigenvalue weighted by Gasteiger charge is -2.13. The lowest BCUT2D eigenvalue weighted by molar-refractivity contribution is 0.0601. The fourth-order valence-corrected chi connectivity index (χ4v) is 2.27. The molecule has 3 N–H and O–H groups in total. The Hall–Kier alpha value is -1.62. The van der Waals surface area contributed by atoms with E-state index in [0.717, 1.165) is 0 Å². The molecule has 2 rings (SSSR count). The van der Waals surface area contributed by atoms with Crippen molar-refractivity contribution in [1.29, 1.82) is 0 Å². The highest BCUT2D eigenvalue weighted by molar-refractivity contribution is 6.44. The van der Waals surface area contributed by atoms with Gasteiger partial charge in [-0.3, -0.25) is 0 Å². The highest BCUT2D eigenvalue weighted by atomic mass is 35.5. The molecule has 4 nitrogen and oxygen atoms in total. The van der Waals surface area contributed by atoms with Crippen molar-refractivity contribution in [2.75, 3.05) is 18.2 Å². The SMILES string of the molecule is COC(=O)c1ccc(N)c(Nc2cc(Cl)c(Cl)cc2Cl)c1. The molecule has 0 heterocycles. The van der Waals surface area contributed by atoms with Crippen LogP contribution in [-0.2, 0) is 4.74 Å². The van der Waals surface area contributed by atoms with Gasteiger partial charge in [0.15, 0.2) is 0 Å². The molecule has 0 amide bonds. The summed E-state index contributed by atoms with van der Waals surface area (Å²) in [6.45, 7) is 0. The van der Waals surface area contributed by atoms with Crippen LogP contribution in [-0.4, -0.2) is 13.1 Å². The predicted molar refractivity (Wildman–Crippen MR) is 86.9 cm³/mol. The first kappa shape index (κ1) is 15.8. The van der Waals surface area contributed by atoms with Gasteiger partial charge < -0.3 is 15.8 Å². The smallest absolute Gasteiger partial charge is 0.337 e. The molecular formula is C14H11Cl3N2O2. The summed E-state index contributed by atoms with van der Waals surface area (Å²) in [6, 6.07) is 7.84. The van der Waals surface area contributed by atoms with Crippen molar-refractivity contribution in [3.63, 3.8) is 0 Å². The summed E-state index contributed by atoms with van der Waals surface area (Å²) >= 11 is 17.9. The van der Waals surface area contributed by atoms with E-state index >= 15 is 0 Å². The summed E-state index contributed by atoms with van der Waals surface area (Å²) in [5, 5.41) is 4.11. The van der Waals surface area contributed by atoms with Crippen molar-refractivity contribution < 1.29 is 9.53 Å². The van der Waals surface area contributed by atoms with Gasteiger partial charge in [-0.05, 0) is 30.3 Å². The molecule has 0 atom stereocenters. The van der Waals surface area contributed by atoms with Crippen LogP contribution in [0.5, 0.6) is 0 Å². The van der Waals surface area contributed by atoms with E-state index in [4.69, 9.17) is 40.5 Å². The van der Waals surface area contributed by atoms with Gasteiger partial charge in [0.2, 0.25) is 0 Å². The van der Waals surface area contributed by atoms with Crippen molar-refractivity contribution in [2.45, 2.75) is 0 Å². The monoisotopic (exact) mass is 344 g/mol. The van der Waals surface area contributed by atoms with E-state index in [1.807, 2.05) is 0 Å². The Morgan fingerprint density at radius 1 is 1.05 bits per heavy atom. The second-order valence-corrected chi connectivity index (χ2v) is 5.39. The van der Waals surface area contributed by atoms with Crippen LogP contribution >= 0.6 is 34.8 Å². The van der Waals surface area contributed by atoms with Crippen molar-refractivity contribution in [3.8, 4) is 0 Å². The number of carbonyl (C=O) groups is 1. The van der Waals surface area contributed by atoms with Crippen LogP contribution in [0.25, 0.3) is 0 Å². The minimum atomic E-state index is -0.460. The zero-order valence-electron chi connectivity index (χ0n) is 10.9. The molecule has 7 heteroatoms. The summed E-state index contributed by atoms with van der Waals surface area (Å²) < 4.78 is 4.67. The average Bonchev–Trinajstić information content (AvgIpc) is 2.46. The molecule has 0 saturated carbocycles. The molecule has 2 aromatic carbocycles. The fraction of sp³-hybridized carbons (Fsp3) is 0.0714. The van der Waals surface area contributed by atoms with Gasteiger partial charge in [0.1, 0.15) is 0 Å². The molecule has 110 valence electrons. The average molecular weight is 346 g/mol. The number of hydrogen-bond acceptors (Lipinski definition) is 4. The third-order valence-electron chi connectivity index (χ3n) is 2.75. The number of carbonyl (C=O) groups excluding carboxylic acids is 1. The van der Waals surface area contributed by atoms with Gasteiger partial charge in [0.25, 0.3) is 0 Å². The molecule has 2 aromatic rings. The molecule has 0 aliphatic rings. The van der Waals surface area contributed by atoms with E-state index in [1.54, 1.807) is 24.3 Å². The van der Waals surface area contributed by atoms with Gasteiger partial charge in [0, 0.05) is 0 Å². The van der Waals surface area contributed by atoms with Gasteiger partial charge in [-0.1, -0.05) is 34.8 Å². The minimum Gasteiger partial charge on any atom is -0.465 e. The second kappa shape index (κ2) is 6.43. The van der Waals surface area contributed by atoms with Crippen LogP contribution in [0.3, 0.4) is 0 Å². The number of hydrogen-bond donors (Lipinski definition) is 2. The van der Waals surface area contributed by atoms with Crippen molar-refractivity contribution in [1.82, 2.24) is 0 Å². The van der Waals surface area contributed by atoms with Gasteiger partial charge in [-0.15, -0.1) is 0 Å². The number of nitrogens with two attached hydrogens (primary N) is 1. The molecule has 0 radical (unpaired) electrons. The summed E-state index contributed by atoms with van der Waals surface area (Å²) in [6.07, 6.45) is 0. The van der Waals surface area contributed by atoms with E-state index in [9.17, 15) is 4.79 Å². The third-order valence-corrected chi connectivity index (χ3v) is 3.79. The number of nitrogens with one attached hydrogen (secondary N) is 1. The maximum Gasteiger partial charge on any atom is 0.337 e. The Labute approximate surface area is 136 Å². The van der Waals surface area contributed by atoms with Crippen molar-refractivity contribution in [3.05, 3.63) is 51.0 Å². The summed E-state index contributed by atoms with van der Waals surface area (Å²) in [5.74, 6) is -0.460. The zero-order valence-corrected chi connectivity index (χ0v) is 13.2. The number of halogens is 3. The Bertz CT molecular complexity index is 705. The molecular weight excluding hydrogens is 335 g/mol. The van der Waals surface area contributed by atoms with E-state index < -0.39 is 5.97 Å². The molecule has 0 spiro atoms. The Kier molecular flexibility index (Phi) is 4.83.